The molecule has 1 heterocycles. The molecular formula is C17H22N2S. The highest BCUT2D eigenvalue weighted by atomic mass is 32.2. The Labute approximate surface area is 125 Å². The van der Waals surface area contributed by atoms with Crippen molar-refractivity contribution in [2.24, 2.45) is 0 Å². The SMILES string of the molecule is CSC1CCC(Nc2cc(C)nc3ccccc23)CC1. The second kappa shape index (κ2) is 6.04. The first-order valence-corrected chi connectivity index (χ1v) is 8.71. The van der Waals surface area contributed by atoms with Gasteiger partial charge < -0.3 is 5.32 Å². The summed E-state index contributed by atoms with van der Waals surface area (Å²) in [6.07, 6.45) is 7.46. The van der Waals surface area contributed by atoms with E-state index >= 15 is 0 Å². The van der Waals surface area contributed by atoms with E-state index in [0.717, 1.165) is 16.5 Å². The molecular weight excluding hydrogens is 264 g/mol. The molecule has 0 aliphatic heterocycles. The number of nitrogens with zero attached hydrogens (tertiary/aromatic N) is 1. The lowest BCUT2D eigenvalue weighted by Crippen LogP contribution is -2.27. The summed E-state index contributed by atoms with van der Waals surface area (Å²) < 4.78 is 0. The zero-order valence-electron chi connectivity index (χ0n) is 12.2. The minimum absolute atomic E-state index is 0.614. The number of nitrogens with one attached hydrogen (secondary N) is 1. The van der Waals surface area contributed by atoms with Crippen LogP contribution in [0, 0.1) is 6.92 Å². The lowest BCUT2D eigenvalue weighted by molar-refractivity contribution is 0.473. The summed E-state index contributed by atoms with van der Waals surface area (Å²) in [5.41, 5.74) is 3.43. The van der Waals surface area contributed by atoms with Crippen molar-refractivity contribution in [3.8, 4) is 0 Å². The van der Waals surface area contributed by atoms with Crippen LogP contribution in [0.5, 0.6) is 0 Å². The Kier molecular flexibility index (Phi) is 4.16. The summed E-state index contributed by atoms with van der Waals surface area (Å²) in [5.74, 6) is 0. The van der Waals surface area contributed by atoms with Crippen molar-refractivity contribution in [2.45, 2.75) is 43.9 Å². The molecule has 3 heteroatoms. The van der Waals surface area contributed by atoms with E-state index in [4.69, 9.17) is 0 Å². The van der Waals surface area contributed by atoms with Crippen molar-refractivity contribution in [1.82, 2.24) is 4.98 Å². The number of aryl methyl sites for hydroxylation is 1. The normalized spacial score (nSPS) is 22.9. The van der Waals surface area contributed by atoms with Gasteiger partial charge in [0.15, 0.2) is 0 Å². The molecule has 1 aliphatic carbocycles. The van der Waals surface area contributed by atoms with Crippen LogP contribution in [-0.2, 0) is 0 Å². The van der Waals surface area contributed by atoms with Crippen molar-refractivity contribution >= 4 is 28.4 Å². The summed E-state index contributed by atoms with van der Waals surface area (Å²) >= 11 is 2.02. The number of hydrogen-bond donors (Lipinski definition) is 1. The summed E-state index contributed by atoms with van der Waals surface area (Å²) in [7, 11) is 0. The van der Waals surface area contributed by atoms with Crippen molar-refractivity contribution in [3.05, 3.63) is 36.0 Å². The van der Waals surface area contributed by atoms with E-state index in [1.807, 2.05) is 11.8 Å². The minimum atomic E-state index is 0.614. The van der Waals surface area contributed by atoms with Crippen LogP contribution in [0.2, 0.25) is 0 Å². The monoisotopic (exact) mass is 286 g/mol. The van der Waals surface area contributed by atoms with Crippen molar-refractivity contribution in [1.29, 1.82) is 0 Å². The van der Waals surface area contributed by atoms with Crippen LogP contribution in [0.3, 0.4) is 0 Å². The largest absolute Gasteiger partial charge is 0.382 e. The number of anilines is 1. The second-order valence-corrected chi connectivity index (χ2v) is 6.82. The van der Waals surface area contributed by atoms with E-state index in [1.165, 1.54) is 36.8 Å². The van der Waals surface area contributed by atoms with E-state index in [1.54, 1.807) is 0 Å². The molecule has 0 saturated heterocycles. The summed E-state index contributed by atoms with van der Waals surface area (Å²) in [6, 6.07) is 11.2. The van der Waals surface area contributed by atoms with Crippen LogP contribution in [0.1, 0.15) is 31.4 Å². The van der Waals surface area contributed by atoms with Crippen LogP contribution < -0.4 is 5.32 Å². The lowest BCUT2D eigenvalue weighted by Gasteiger charge is -2.29. The van der Waals surface area contributed by atoms with Gasteiger partial charge >= 0.3 is 0 Å². The Morgan fingerprint density at radius 1 is 1.15 bits per heavy atom. The fourth-order valence-electron chi connectivity index (χ4n) is 3.09. The van der Waals surface area contributed by atoms with Crippen LogP contribution in [0.4, 0.5) is 5.69 Å². The first-order valence-electron chi connectivity index (χ1n) is 7.42. The average molecular weight is 286 g/mol. The van der Waals surface area contributed by atoms with Gasteiger partial charge in [0.25, 0.3) is 0 Å². The second-order valence-electron chi connectivity index (χ2n) is 5.68. The van der Waals surface area contributed by atoms with Gasteiger partial charge in [-0.05, 0) is 51.0 Å². The van der Waals surface area contributed by atoms with E-state index in [-0.39, 0.29) is 0 Å². The van der Waals surface area contributed by atoms with Crippen molar-refractivity contribution in [2.75, 3.05) is 11.6 Å². The average Bonchev–Trinajstić information content (AvgIpc) is 2.48. The quantitative estimate of drug-likeness (QED) is 0.890. The van der Waals surface area contributed by atoms with E-state index in [2.05, 4.69) is 53.8 Å². The molecule has 0 spiro atoms. The Morgan fingerprint density at radius 2 is 1.90 bits per heavy atom. The Bertz CT molecular complexity index is 589. The molecule has 0 amide bonds. The molecule has 20 heavy (non-hydrogen) atoms. The molecule has 106 valence electrons. The zero-order valence-corrected chi connectivity index (χ0v) is 13.0. The predicted octanol–water partition coefficient (Wildman–Crippen LogP) is 4.63. The third kappa shape index (κ3) is 2.93. The molecule has 0 atom stereocenters. The van der Waals surface area contributed by atoms with Gasteiger partial charge in [0.05, 0.1) is 5.52 Å². The maximum absolute atomic E-state index is 4.61. The van der Waals surface area contributed by atoms with E-state index < -0.39 is 0 Å². The molecule has 0 radical (unpaired) electrons. The number of benzene rings is 1. The molecule has 1 aromatic carbocycles. The van der Waals surface area contributed by atoms with Gasteiger partial charge in [-0.15, -0.1) is 0 Å². The molecule has 1 aliphatic rings. The third-order valence-electron chi connectivity index (χ3n) is 4.21. The van der Waals surface area contributed by atoms with Crippen molar-refractivity contribution < 1.29 is 0 Å². The van der Waals surface area contributed by atoms with Crippen LogP contribution >= 0.6 is 11.8 Å². The molecule has 0 bridgehead atoms. The molecule has 1 saturated carbocycles. The van der Waals surface area contributed by atoms with E-state index in [9.17, 15) is 0 Å². The van der Waals surface area contributed by atoms with Crippen molar-refractivity contribution in [3.63, 3.8) is 0 Å². The van der Waals surface area contributed by atoms with Gasteiger partial charge in [-0.2, -0.15) is 11.8 Å². The number of thioether (sulfide) groups is 1. The Hall–Kier alpha value is -1.22. The highest BCUT2D eigenvalue weighted by Crippen LogP contribution is 2.30. The molecule has 2 nitrogen and oxygen atoms in total. The molecule has 3 rings (SSSR count). The van der Waals surface area contributed by atoms with E-state index in [0.29, 0.717) is 6.04 Å². The maximum Gasteiger partial charge on any atom is 0.0725 e. The molecule has 1 N–H and O–H groups in total. The molecule has 1 aromatic heterocycles. The number of fused-ring (bicyclic) bond motifs is 1. The molecule has 2 aromatic rings. The highest BCUT2D eigenvalue weighted by Gasteiger charge is 2.20. The zero-order chi connectivity index (χ0) is 13.9. The Balaban J connectivity index is 1.81. The van der Waals surface area contributed by atoms with Gasteiger partial charge in [0.2, 0.25) is 0 Å². The van der Waals surface area contributed by atoms with Gasteiger partial charge in [-0.3, -0.25) is 4.98 Å². The lowest BCUT2D eigenvalue weighted by atomic mass is 9.94. The molecule has 1 fully saturated rings. The predicted molar refractivity (Wildman–Crippen MR) is 89.7 cm³/mol. The van der Waals surface area contributed by atoms with Crippen LogP contribution in [-0.4, -0.2) is 22.5 Å². The smallest absolute Gasteiger partial charge is 0.0725 e. The number of aromatic nitrogens is 1. The minimum Gasteiger partial charge on any atom is -0.382 e. The number of para-hydroxylation sites is 1. The van der Waals surface area contributed by atoms with Gasteiger partial charge in [0, 0.05) is 28.1 Å². The summed E-state index contributed by atoms with van der Waals surface area (Å²) in [4.78, 5) is 4.61. The fourth-order valence-corrected chi connectivity index (χ4v) is 3.83. The fraction of sp³-hybridized carbons (Fsp3) is 0.471. The first kappa shape index (κ1) is 13.7. The maximum atomic E-state index is 4.61. The van der Waals surface area contributed by atoms with Gasteiger partial charge in [0.1, 0.15) is 0 Å². The first-order chi connectivity index (χ1) is 9.76. The number of pyridine rings is 1. The highest BCUT2D eigenvalue weighted by molar-refractivity contribution is 7.99. The Morgan fingerprint density at radius 3 is 2.65 bits per heavy atom. The number of rotatable bonds is 3. The van der Waals surface area contributed by atoms with Crippen LogP contribution in [0.25, 0.3) is 10.9 Å². The third-order valence-corrected chi connectivity index (χ3v) is 5.35. The topological polar surface area (TPSA) is 24.9 Å². The summed E-state index contributed by atoms with van der Waals surface area (Å²) in [6.45, 7) is 2.07. The number of hydrogen-bond acceptors (Lipinski definition) is 3. The standard InChI is InChI=1S/C17H22N2S/c1-12-11-17(15-5-3-4-6-16(15)18-12)19-13-7-9-14(20-2)10-8-13/h3-6,11,13-14H,7-10H2,1-2H3,(H,18,19). The van der Waals surface area contributed by atoms with Gasteiger partial charge in [-0.1, -0.05) is 18.2 Å². The summed E-state index contributed by atoms with van der Waals surface area (Å²) in [5, 5.41) is 5.87. The molecule has 0 unspecified atom stereocenters. The van der Waals surface area contributed by atoms with Crippen LogP contribution in [0.15, 0.2) is 30.3 Å². The van der Waals surface area contributed by atoms with Gasteiger partial charge in [-0.25, -0.2) is 0 Å².